The Labute approximate surface area is 486 Å². The number of fused-ring (bicyclic) bond motifs is 21. The minimum Gasteiger partial charge on any atom is -0.484 e. The lowest BCUT2D eigenvalue weighted by Crippen LogP contribution is -2.18. The summed E-state index contributed by atoms with van der Waals surface area (Å²) in [5.74, 6) is 1.62. The van der Waals surface area contributed by atoms with Gasteiger partial charge < -0.3 is 27.3 Å². The van der Waals surface area contributed by atoms with Gasteiger partial charge in [0.15, 0.2) is 5.82 Å². The predicted molar refractivity (Wildman–Crippen MR) is 345 cm³/mol. The van der Waals surface area contributed by atoms with Gasteiger partial charge in [-0.1, -0.05) is 159 Å². The maximum absolute atomic E-state index is 6.82. The molecule has 19 rings (SSSR count). The zero-order chi connectivity index (χ0) is 55.6. The molecule has 4 unspecified atom stereocenters. The minimum atomic E-state index is -0.128. The second kappa shape index (κ2) is 17.5. The molecule has 0 saturated heterocycles. The average molecular weight is 1090 g/mol. The Morgan fingerprint density at radius 1 is 0.435 bits per heavy atom. The van der Waals surface area contributed by atoms with Gasteiger partial charge in [0.2, 0.25) is 0 Å². The van der Waals surface area contributed by atoms with Crippen LogP contribution in [-0.4, -0.2) is 23.7 Å². The third-order valence-corrected chi connectivity index (χ3v) is 18.6. The molecule has 0 amide bonds. The predicted octanol–water partition coefficient (Wildman–Crippen LogP) is 19.8. The van der Waals surface area contributed by atoms with E-state index in [-0.39, 0.29) is 23.9 Å². The molecule has 0 fully saturated rings. The zero-order valence-corrected chi connectivity index (χ0v) is 46.0. The molecule has 4 atom stereocenters. The van der Waals surface area contributed by atoms with Crippen LogP contribution in [0.5, 0.6) is 5.75 Å². The van der Waals surface area contributed by atoms with E-state index in [0.29, 0.717) is 5.82 Å². The highest BCUT2D eigenvalue weighted by Gasteiger charge is 2.40. The third-order valence-electron chi connectivity index (χ3n) is 18.6. The lowest BCUT2D eigenvalue weighted by molar-refractivity contribution is 0.224. The highest BCUT2D eigenvalue weighted by Crippen LogP contribution is 2.53. The van der Waals surface area contributed by atoms with Gasteiger partial charge in [0, 0.05) is 94.8 Å². The first kappa shape index (κ1) is 46.6. The van der Waals surface area contributed by atoms with Crippen molar-refractivity contribution in [1.82, 2.24) is 23.7 Å². The maximum atomic E-state index is 6.82. The van der Waals surface area contributed by atoms with Crippen LogP contribution in [0.4, 0.5) is 0 Å². The molecule has 16 aromatic rings. The van der Waals surface area contributed by atoms with E-state index in [9.17, 15) is 0 Å². The number of benzene rings is 10. The average Bonchev–Trinajstić information content (AvgIpc) is 1.83. The normalized spacial score (nSPS) is 17.3. The highest BCUT2D eigenvalue weighted by molar-refractivity contribution is 6.25. The Morgan fingerprint density at radius 3 is 1.73 bits per heavy atom. The Hall–Kier alpha value is -11.0. The summed E-state index contributed by atoms with van der Waals surface area (Å²) in [6, 6.07) is 80.0. The van der Waals surface area contributed by atoms with E-state index >= 15 is 0 Å². The van der Waals surface area contributed by atoms with Gasteiger partial charge in [-0.15, -0.1) is 0 Å². The summed E-state index contributed by atoms with van der Waals surface area (Å²) in [6.45, 7) is 2.34. The van der Waals surface area contributed by atoms with Crippen molar-refractivity contribution < 1.29 is 13.6 Å². The van der Waals surface area contributed by atoms with E-state index in [1.807, 2.05) is 12.1 Å². The number of hydrogen-bond donors (Lipinski definition) is 0. The van der Waals surface area contributed by atoms with Crippen molar-refractivity contribution >= 4 is 110 Å². The smallest absolute Gasteiger partial charge is 0.160 e. The summed E-state index contributed by atoms with van der Waals surface area (Å²) in [7, 11) is 0. The van der Waals surface area contributed by atoms with Crippen LogP contribution in [0.2, 0.25) is 0 Å². The first-order valence-corrected chi connectivity index (χ1v) is 29.3. The van der Waals surface area contributed by atoms with Crippen LogP contribution in [0.1, 0.15) is 47.4 Å². The fourth-order valence-electron chi connectivity index (χ4n) is 14.8. The number of aromatic nitrogens is 5. The molecule has 0 N–H and O–H groups in total. The Balaban J connectivity index is 0.783. The largest absolute Gasteiger partial charge is 0.484 e. The summed E-state index contributed by atoms with van der Waals surface area (Å²) in [5.41, 5.74) is 19.6. The molecule has 0 spiro atoms. The molecule has 10 aromatic carbocycles. The number of furan rings is 2. The standard InChI is InChI=1S/C77H49N5O3/c1-44-49(27-16-31-61(44)82-64-30-10-4-26-58(64)73-67(82)40-37-55-52-23-7-13-34-70(52)85-76(55)73)60-43-59(45-17-14-19-47(41-45)80-62-28-8-2-24-56(62)71-65(80)38-35-53-50-21-5-11-32-68(50)83-74(53)71)78-77(79-60)46-18-15-20-48(42-46)81-63-29-9-3-25-57(63)72-66(81)39-36-54-51-22-6-12-33-69(51)84-75(54)72/h2-44,49,54,75H,1H3. The van der Waals surface area contributed by atoms with Gasteiger partial charge in [-0.2, -0.15) is 0 Å². The first-order valence-electron chi connectivity index (χ1n) is 29.3. The van der Waals surface area contributed by atoms with E-state index in [1.54, 1.807) is 0 Å². The van der Waals surface area contributed by atoms with Crippen LogP contribution >= 0.6 is 0 Å². The second-order valence-electron chi connectivity index (χ2n) is 23.1. The summed E-state index contributed by atoms with van der Waals surface area (Å²) in [4.78, 5) is 11.3. The summed E-state index contributed by atoms with van der Waals surface area (Å²) in [5, 5.41) is 10.2. The van der Waals surface area contributed by atoms with Crippen LogP contribution in [0.15, 0.2) is 258 Å². The summed E-state index contributed by atoms with van der Waals surface area (Å²) >= 11 is 0. The van der Waals surface area contributed by atoms with Crippen LogP contribution < -0.4 is 4.74 Å². The molecule has 7 heterocycles. The topological polar surface area (TPSA) is 76.1 Å². The molecular formula is C77H49N5O3. The van der Waals surface area contributed by atoms with E-state index < -0.39 is 0 Å². The quantitative estimate of drug-likeness (QED) is 0.166. The molecule has 400 valence electrons. The summed E-state index contributed by atoms with van der Waals surface area (Å²) < 4.78 is 27.5. The molecule has 8 nitrogen and oxygen atoms in total. The Bertz CT molecular complexity index is 5660. The van der Waals surface area contributed by atoms with Crippen LogP contribution in [0.25, 0.3) is 144 Å². The van der Waals surface area contributed by atoms with Crippen molar-refractivity contribution in [3.05, 3.63) is 271 Å². The van der Waals surface area contributed by atoms with Crippen molar-refractivity contribution in [1.29, 1.82) is 0 Å². The molecule has 2 aliphatic carbocycles. The van der Waals surface area contributed by atoms with Gasteiger partial charge >= 0.3 is 0 Å². The SMILES string of the molecule is CC1C(n2c3ccccc3c3c4oc5ccccc5c4ccc32)=CC=CC1c1cc(-c2cccc(-n3c4ccccc4c4c5oc6ccccc6c5ccc43)c2)nc(-c2cccc(-n3c4c(c5ccccc53)C3Oc5ccccc5C3C=C4)c2)n1. The van der Waals surface area contributed by atoms with Crippen LogP contribution in [0.3, 0.4) is 0 Å². The fourth-order valence-corrected chi connectivity index (χ4v) is 14.8. The minimum absolute atomic E-state index is 0.00588. The van der Waals surface area contributed by atoms with Crippen molar-refractivity contribution in [2.24, 2.45) is 5.92 Å². The third kappa shape index (κ3) is 6.62. The lowest BCUT2D eigenvalue weighted by atomic mass is 9.84. The lowest BCUT2D eigenvalue weighted by Gasteiger charge is -2.28. The second-order valence-corrected chi connectivity index (χ2v) is 23.1. The van der Waals surface area contributed by atoms with Crippen molar-refractivity contribution in [2.45, 2.75) is 24.9 Å². The van der Waals surface area contributed by atoms with Crippen molar-refractivity contribution in [3.8, 4) is 39.8 Å². The van der Waals surface area contributed by atoms with Gasteiger partial charge in [-0.3, -0.25) is 0 Å². The highest BCUT2D eigenvalue weighted by atomic mass is 16.5. The number of allylic oxidation sites excluding steroid dienone is 4. The number of ether oxygens (including phenoxy) is 1. The van der Waals surface area contributed by atoms with E-state index in [4.69, 9.17) is 23.5 Å². The number of para-hydroxylation sites is 6. The zero-order valence-electron chi connectivity index (χ0n) is 46.0. The molecule has 0 saturated carbocycles. The van der Waals surface area contributed by atoms with E-state index in [2.05, 4.69) is 263 Å². The molecule has 0 bridgehead atoms. The Kier molecular flexibility index (Phi) is 9.62. The van der Waals surface area contributed by atoms with Crippen molar-refractivity contribution in [2.75, 3.05) is 0 Å². The maximum Gasteiger partial charge on any atom is 0.160 e. The van der Waals surface area contributed by atoms with E-state index in [0.717, 1.165) is 138 Å². The molecule has 0 radical (unpaired) electrons. The molecule has 3 aliphatic rings. The van der Waals surface area contributed by atoms with Gasteiger partial charge in [-0.25, -0.2) is 9.97 Å². The number of rotatable bonds is 6. The van der Waals surface area contributed by atoms with Gasteiger partial charge in [-0.05, 0) is 103 Å². The number of hydrogen-bond acceptors (Lipinski definition) is 5. The molecule has 6 aromatic heterocycles. The molecule has 8 heteroatoms. The van der Waals surface area contributed by atoms with Gasteiger partial charge in [0.1, 0.15) is 34.2 Å². The Morgan fingerprint density at radius 2 is 1.01 bits per heavy atom. The van der Waals surface area contributed by atoms with Crippen LogP contribution in [-0.2, 0) is 0 Å². The fraction of sp³-hybridized carbons (Fsp3) is 0.0649. The van der Waals surface area contributed by atoms with E-state index in [1.165, 1.54) is 22.2 Å². The molecule has 1 aliphatic heterocycles. The molecular weight excluding hydrogens is 1040 g/mol. The van der Waals surface area contributed by atoms with Crippen molar-refractivity contribution in [3.63, 3.8) is 0 Å². The van der Waals surface area contributed by atoms with Crippen LogP contribution in [0, 0.1) is 5.92 Å². The van der Waals surface area contributed by atoms with Gasteiger partial charge in [0.25, 0.3) is 0 Å². The molecule has 85 heavy (non-hydrogen) atoms. The van der Waals surface area contributed by atoms with Gasteiger partial charge in [0.05, 0.1) is 55.4 Å². The summed E-state index contributed by atoms with van der Waals surface area (Å²) in [6.07, 6.45) is 11.3. The number of nitrogens with zero attached hydrogens (tertiary/aromatic N) is 5. The monoisotopic (exact) mass is 1090 g/mol. The first-order chi connectivity index (χ1) is 42.1.